The summed E-state index contributed by atoms with van der Waals surface area (Å²) in [5.74, 6) is 1.80. The predicted molar refractivity (Wildman–Crippen MR) is 241 cm³/mol. The molecule has 0 aliphatic heterocycles. The first-order chi connectivity index (χ1) is 26.4. The summed E-state index contributed by atoms with van der Waals surface area (Å²) in [6, 6.07) is 50.5. The molecule has 0 bridgehead atoms. The number of aromatic nitrogens is 3. The molecule has 0 unspecified atom stereocenters. The number of rotatable bonds is 6. The average molecular weight is 687 g/mol. The normalized spacial score (nSPS) is 11.3. The Bertz CT molecular complexity index is 2830. The number of hydrogen-bond acceptors (Lipinski definition) is 4. The van der Waals surface area contributed by atoms with Crippen LogP contribution in [-0.4, -0.2) is 54.2 Å². The second-order valence-corrected chi connectivity index (χ2v) is 14.2. The highest BCUT2D eigenvalue weighted by Gasteiger charge is 2.20. The van der Waals surface area contributed by atoms with Gasteiger partial charge in [0.2, 0.25) is 0 Å². The molecular weight excluding hydrogens is 653 g/mol. The van der Waals surface area contributed by atoms with Crippen LogP contribution in [0, 0.1) is 0 Å². The lowest BCUT2D eigenvalue weighted by Crippen LogP contribution is -2.55. The molecule has 250 valence electrons. The third kappa shape index (κ3) is 5.77. The fraction of sp³-hybridized carbons (Fsp3) is 0. The molecule has 4 nitrogen and oxygen atoms in total. The van der Waals surface area contributed by atoms with Gasteiger partial charge in [-0.1, -0.05) is 144 Å². The van der Waals surface area contributed by atoms with Gasteiger partial charge in [0.1, 0.15) is 50.4 Å². The molecule has 0 saturated heterocycles. The van der Waals surface area contributed by atoms with Gasteiger partial charge in [-0.15, -0.1) is 16.4 Å². The summed E-state index contributed by atoms with van der Waals surface area (Å²) >= 11 is 0. The second kappa shape index (κ2) is 13.6. The highest BCUT2D eigenvalue weighted by atomic mass is 16.3. The van der Waals surface area contributed by atoms with Crippen molar-refractivity contribution in [3.63, 3.8) is 0 Å². The summed E-state index contributed by atoms with van der Waals surface area (Å²) in [5, 5.41) is 2.09. The van der Waals surface area contributed by atoms with E-state index in [-0.39, 0.29) is 0 Å². The Morgan fingerprint density at radius 2 is 0.815 bits per heavy atom. The van der Waals surface area contributed by atoms with Crippen LogP contribution in [0.2, 0.25) is 0 Å². The van der Waals surface area contributed by atoms with Crippen LogP contribution < -0.4 is 27.3 Å². The van der Waals surface area contributed by atoms with Crippen molar-refractivity contribution >= 4 is 88.5 Å². The van der Waals surface area contributed by atoms with Gasteiger partial charge < -0.3 is 4.42 Å². The molecule has 0 atom stereocenters. The molecule has 0 N–H and O–H groups in total. The van der Waals surface area contributed by atoms with Crippen molar-refractivity contribution in [2.75, 3.05) is 0 Å². The summed E-state index contributed by atoms with van der Waals surface area (Å²) in [6.07, 6.45) is 0. The van der Waals surface area contributed by atoms with E-state index in [4.69, 9.17) is 19.4 Å². The van der Waals surface area contributed by atoms with E-state index >= 15 is 0 Å². The standard InChI is InChI=1S/C45H34B5N3O/c46-37-35(38(47)40(49)41(50)39(37)48)28-21-23-30(24-22-28)44-51-43(29-11-5-2-6-12-29)52-45(53-44)33-15-7-14-32-36-31(13-8-16-34(36)54-42(32)33)27-19-17-26(18-20-27)25-9-3-1-4-10-25/h1-24H,46-50H2. The molecule has 0 aliphatic carbocycles. The van der Waals surface area contributed by atoms with Crippen molar-refractivity contribution in [2.45, 2.75) is 0 Å². The summed E-state index contributed by atoms with van der Waals surface area (Å²) in [7, 11) is 11.1. The van der Waals surface area contributed by atoms with E-state index in [2.05, 4.69) is 136 Å². The van der Waals surface area contributed by atoms with Crippen LogP contribution in [0.5, 0.6) is 0 Å². The van der Waals surface area contributed by atoms with Gasteiger partial charge in [0.15, 0.2) is 17.5 Å². The fourth-order valence-electron chi connectivity index (χ4n) is 7.80. The predicted octanol–water partition coefficient (Wildman–Crippen LogP) is 3.07. The molecule has 0 fully saturated rings. The number of nitrogens with zero attached hydrogens (tertiary/aromatic N) is 3. The number of fused-ring (bicyclic) bond motifs is 3. The monoisotopic (exact) mass is 687 g/mol. The fourth-order valence-corrected chi connectivity index (χ4v) is 7.80. The van der Waals surface area contributed by atoms with Crippen LogP contribution in [0.1, 0.15) is 0 Å². The van der Waals surface area contributed by atoms with E-state index in [0.717, 1.165) is 49.8 Å². The molecule has 0 amide bonds. The first kappa shape index (κ1) is 33.5. The molecule has 9 aromatic rings. The molecule has 9 rings (SSSR count). The van der Waals surface area contributed by atoms with Crippen molar-refractivity contribution in [3.05, 3.63) is 146 Å². The summed E-state index contributed by atoms with van der Waals surface area (Å²) in [4.78, 5) is 15.2. The molecule has 54 heavy (non-hydrogen) atoms. The quantitative estimate of drug-likeness (QED) is 0.253. The number of para-hydroxylation sites is 1. The molecule has 0 saturated carbocycles. The summed E-state index contributed by atoms with van der Waals surface area (Å²) in [5.41, 5.74) is 18.1. The minimum absolute atomic E-state index is 0.567. The molecule has 0 radical (unpaired) electrons. The molecule has 0 aliphatic rings. The van der Waals surface area contributed by atoms with E-state index < -0.39 is 0 Å². The van der Waals surface area contributed by atoms with Crippen LogP contribution in [0.25, 0.3) is 89.5 Å². The van der Waals surface area contributed by atoms with Gasteiger partial charge in [-0.3, -0.25) is 0 Å². The maximum Gasteiger partial charge on any atom is 0.167 e. The largest absolute Gasteiger partial charge is 0.455 e. The number of hydrogen-bond donors (Lipinski definition) is 0. The minimum atomic E-state index is 0.567. The van der Waals surface area contributed by atoms with Crippen molar-refractivity contribution < 1.29 is 4.42 Å². The third-order valence-electron chi connectivity index (χ3n) is 11.2. The third-order valence-corrected chi connectivity index (χ3v) is 11.2. The lowest BCUT2D eigenvalue weighted by molar-refractivity contribution is 0.669. The Morgan fingerprint density at radius 1 is 0.352 bits per heavy atom. The molecule has 0 spiro atoms. The van der Waals surface area contributed by atoms with E-state index in [0.29, 0.717) is 17.5 Å². The van der Waals surface area contributed by atoms with Gasteiger partial charge in [0, 0.05) is 21.9 Å². The molecule has 2 aromatic heterocycles. The zero-order valence-corrected chi connectivity index (χ0v) is 31.1. The second-order valence-electron chi connectivity index (χ2n) is 14.2. The lowest BCUT2D eigenvalue weighted by atomic mass is 9.59. The zero-order chi connectivity index (χ0) is 36.9. The van der Waals surface area contributed by atoms with Crippen LogP contribution in [0.4, 0.5) is 0 Å². The number of furan rings is 1. The van der Waals surface area contributed by atoms with E-state index in [1.165, 1.54) is 49.6 Å². The smallest absolute Gasteiger partial charge is 0.167 e. The minimum Gasteiger partial charge on any atom is -0.455 e. The van der Waals surface area contributed by atoms with Crippen LogP contribution >= 0.6 is 0 Å². The maximum atomic E-state index is 6.70. The Labute approximate surface area is 319 Å². The van der Waals surface area contributed by atoms with Gasteiger partial charge in [-0.25, -0.2) is 15.0 Å². The Hall–Kier alpha value is -6.33. The molecule has 9 heteroatoms. The zero-order valence-electron chi connectivity index (χ0n) is 31.1. The maximum absolute atomic E-state index is 6.70. The van der Waals surface area contributed by atoms with Gasteiger partial charge in [-0.05, 0) is 45.5 Å². The van der Waals surface area contributed by atoms with Crippen molar-refractivity contribution in [1.82, 2.24) is 15.0 Å². The van der Waals surface area contributed by atoms with Crippen LogP contribution in [0.3, 0.4) is 0 Å². The van der Waals surface area contributed by atoms with E-state index in [1.54, 1.807) is 0 Å². The van der Waals surface area contributed by atoms with Gasteiger partial charge in [-0.2, -0.15) is 0 Å². The highest BCUT2D eigenvalue weighted by Crippen LogP contribution is 2.40. The first-order valence-electron chi connectivity index (χ1n) is 18.5. The Balaban J connectivity index is 1.17. The first-order valence-corrected chi connectivity index (χ1v) is 18.5. The topological polar surface area (TPSA) is 51.8 Å². The van der Waals surface area contributed by atoms with Crippen LogP contribution in [0.15, 0.2) is 150 Å². The lowest BCUT2D eigenvalue weighted by Gasteiger charge is -2.20. The van der Waals surface area contributed by atoms with Gasteiger partial charge in [0.05, 0.1) is 5.56 Å². The summed E-state index contributed by atoms with van der Waals surface area (Å²) < 4.78 is 6.70. The van der Waals surface area contributed by atoms with Gasteiger partial charge >= 0.3 is 0 Å². The Kier molecular flexibility index (Phi) is 8.43. The highest BCUT2D eigenvalue weighted by molar-refractivity contribution is 6.68. The SMILES string of the molecule is Bc1c(B)c(B)c(-c2ccc(-c3nc(-c4ccccc4)nc(-c4cccc5c4oc4cccc(-c6ccc(-c7ccccc7)cc6)c45)n3)cc2)c(B)c1B. The van der Waals surface area contributed by atoms with Crippen molar-refractivity contribution in [2.24, 2.45) is 0 Å². The van der Waals surface area contributed by atoms with Crippen molar-refractivity contribution in [1.29, 1.82) is 0 Å². The van der Waals surface area contributed by atoms with Crippen molar-refractivity contribution in [3.8, 4) is 67.5 Å². The molecule has 7 aromatic carbocycles. The average Bonchev–Trinajstić information content (AvgIpc) is 3.62. The van der Waals surface area contributed by atoms with E-state index in [1.807, 2.05) is 48.5 Å². The Morgan fingerprint density at radius 3 is 1.46 bits per heavy atom. The molecule has 2 heterocycles. The molecular formula is C45H34B5N3O. The van der Waals surface area contributed by atoms with E-state index in [9.17, 15) is 0 Å². The van der Waals surface area contributed by atoms with Gasteiger partial charge in [0.25, 0.3) is 0 Å². The number of benzene rings is 7. The summed E-state index contributed by atoms with van der Waals surface area (Å²) in [6.45, 7) is 0. The van der Waals surface area contributed by atoms with Crippen LogP contribution in [-0.2, 0) is 0 Å².